The molecule has 1 N–H and O–H groups in total. The van der Waals surface area contributed by atoms with Gasteiger partial charge in [0.2, 0.25) is 0 Å². The van der Waals surface area contributed by atoms with Crippen LogP contribution in [-0.2, 0) is 0 Å². The number of hydrogen-bond acceptors (Lipinski definition) is 3. The number of anilines is 1. The van der Waals surface area contributed by atoms with Gasteiger partial charge in [-0.1, -0.05) is 23.7 Å². The maximum Gasteiger partial charge on any atom is 0.322 e. The van der Waals surface area contributed by atoms with Crippen molar-refractivity contribution in [2.45, 2.75) is 25.8 Å². The van der Waals surface area contributed by atoms with Crippen molar-refractivity contribution in [1.82, 2.24) is 4.90 Å². The number of urea groups is 1. The van der Waals surface area contributed by atoms with Gasteiger partial charge in [-0.25, -0.2) is 4.79 Å². The van der Waals surface area contributed by atoms with Crippen molar-refractivity contribution in [3.8, 4) is 11.5 Å². The number of amides is 2. The number of aryl methyl sites for hydroxylation is 1. The molecule has 0 aromatic heterocycles. The van der Waals surface area contributed by atoms with E-state index in [9.17, 15) is 4.79 Å². The monoisotopic (exact) mass is 374 g/mol. The van der Waals surface area contributed by atoms with Crippen LogP contribution >= 0.6 is 11.6 Å². The summed E-state index contributed by atoms with van der Waals surface area (Å²) in [6, 6.07) is 11.3. The number of nitrogens with one attached hydrogen (secondary N) is 1. The highest BCUT2D eigenvalue weighted by Crippen LogP contribution is 2.36. The first-order chi connectivity index (χ1) is 12.5. The number of nitrogens with zero attached hydrogens (tertiary/aromatic N) is 1. The van der Waals surface area contributed by atoms with Crippen molar-refractivity contribution in [1.29, 1.82) is 0 Å². The molecule has 1 saturated heterocycles. The molecule has 1 aliphatic heterocycles. The molecule has 138 valence electrons. The van der Waals surface area contributed by atoms with Crippen LogP contribution in [0.2, 0.25) is 5.02 Å². The summed E-state index contributed by atoms with van der Waals surface area (Å²) in [5, 5.41) is 3.70. The standard InChI is InChI=1S/C20H23ClN2O3/c1-13-10-18(25-2)19(26-3)12-16(13)22-20(24)23-9-5-8-17(23)14-6-4-7-15(21)11-14/h4,6-7,10-12,17H,5,8-9H2,1-3H3,(H,22,24). The van der Waals surface area contributed by atoms with Gasteiger partial charge in [0.05, 0.1) is 20.3 Å². The number of hydrogen-bond donors (Lipinski definition) is 1. The normalized spacial score (nSPS) is 16.5. The number of carbonyl (C=O) groups is 1. The zero-order valence-electron chi connectivity index (χ0n) is 15.2. The van der Waals surface area contributed by atoms with Gasteiger partial charge < -0.3 is 19.7 Å². The molecular formula is C20H23ClN2O3. The number of benzene rings is 2. The van der Waals surface area contributed by atoms with Crippen LogP contribution < -0.4 is 14.8 Å². The number of likely N-dealkylation sites (tertiary alicyclic amines) is 1. The van der Waals surface area contributed by atoms with Gasteiger partial charge in [0.1, 0.15) is 0 Å². The van der Waals surface area contributed by atoms with E-state index >= 15 is 0 Å². The van der Waals surface area contributed by atoms with Crippen LogP contribution in [-0.4, -0.2) is 31.7 Å². The molecule has 0 bridgehead atoms. The highest BCUT2D eigenvalue weighted by molar-refractivity contribution is 6.30. The molecule has 2 amide bonds. The Kier molecular flexibility index (Phi) is 5.57. The zero-order chi connectivity index (χ0) is 18.7. The second kappa shape index (κ2) is 7.87. The van der Waals surface area contributed by atoms with E-state index < -0.39 is 0 Å². The Bertz CT molecular complexity index is 810. The first-order valence-corrected chi connectivity index (χ1v) is 8.97. The van der Waals surface area contributed by atoms with Crippen LogP contribution in [0.3, 0.4) is 0 Å². The van der Waals surface area contributed by atoms with E-state index in [4.69, 9.17) is 21.1 Å². The largest absolute Gasteiger partial charge is 0.493 e. The molecule has 1 atom stereocenters. The average Bonchev–Trinajstić information content (AvgIpc) is 3.13. The summed E-state index contributed by atoms with van der Waals surface area (Å²) in [5.74, 6) is 1.22. The fourth-order valence-electron chi connectivity index (χ4n) is 3.37. The Morgan fingerprint density at radius 2 is 1.92 bits per heavy atom. The molecule has 0 spiro atoms. The summed E-state index contributed by atoms with van der Waals surface area (Å²) < 4.78 is 10.6. The molecule has 1 fully saturated rings. The van der Waals surface area contributed by atoms with E-state index in [-0.39, 0.29) is 12.1 Å². The predicted molar refractivity (Wildman–Crippen MR) is 103 cm³/mol. The summed E-state index contributed by atoms with van der Waals surface area (Å²) >= 11 is 6.12. The predicted octanol–water partition coefficient (Wildman–Crippen LogP) is 5.03. The number of carbonyl (C=O) groups excluding carboxylic acids is 1. The molecule has 0 radical (unpaired) electrons. The molecule has 0 saturated carbocycles. The van der Waals surface area contributed by atoms with Crippen LogP contribution in [0.15, 0.2) is 36.4 Å². The van der Waals surface area contributed by atoms with Crippen molar-refractivity contribution in [3.63, 3.8) is 0 Å². The minimum absolute atomic E-state index is 0.0363. The van der Waals surface area contributed by atoms with Gasteiger partial charge in [-0.3, -0.25) is 0 Å². The van der Waals surface area contributed by atoms with Gasteiger partial charge in [0, 0.05) is 23.3 Å². The summed E-state index contributed by atoms with van der Waals surface area (Å²) in [7, 11) is 3.17. The summed E-state index contributed by atoms with van der Waals surface area (Å²) in [6.45, 7) is 2.64. The van der Waals surface area contributed by atoms with Crippen molar-refractivity contribution < 1.29 is 14.3 Å². The van der Waals surface area contributed by atoms with Crippen LogP contribution in [0.5, 0.6) is 11.5 Å². The van der Waals surface area contributed by atoms with E-state index in [0.717, 1.165) is 30.5 Å². The Morgan fingerprint density at radius 3 is 2.62 bits per heavy atom. The molecule has 26 heavy (non-hydrogen) atoms. The topological polar surface area (TPSA) is 50.8 Å². The van der Waals surface area contributed by atoms with Crippen molar-refractivity contribution in [2.75, 3.05) is 26.1 Å². The lowest BCUT2D eigenvalue weighted by Gasteiger charge is -2.26. The highest BCUT2D eigenvalue weighted by Gasteiger charge is 2.30. The Morgan fingerprint density at radius 1 is 1.19 bits per heavy atom. The highest BCUT2D eigenvalue weighted by atomic mass is 35.5. The lowest BCUT2D eigenvalue weighted by molar-refractivity contribution is 0.207. The maximum absolute atomic E-state index is 12.9. The van der Waals surface area contributed by atoms with Gasteiger partial charge in [-0.15, -0.1) is 0 Å². The van der Waals surface area contributed by atoms with E-state index in [1.165, 1.54) is 0 Å². The first-order valence-electron chi connectivity index (χ1n) is 8.59. The molecule has 3 rings (SSSR count). The Balaban J connectivity index is 1.81. The third-order valence-corrected chi connectivity index (χ3v) is 4.95. The molecule has 2 aromatic carbocycles. The smallest absolute Gasteiger partial charge is 0.322 e. The molecule has 0 aliphatic carbocycles. The van der Waals surface area contributed by atoms with E-state index in [0.29, 0.717) is 22.2 Å². The SMILES string of the molecule is COc1cc(C)c(NC(=O)N2CCCC2c2cccc(Cl)c2)cc1OC. The first kappa shape index (κ1) is 18.4. The van der Waals surface area contributed by atoms with Crippen molar-refractivity contribution >= 4 is 23.3 Å². The van der Waals surface area contributed by atoms with Crippen molar-refractivity contribution in [3.05, 3.63) is 52.5 Å². The second-order valence-corrected chi connectivity index (χ2v) is 6.80. The van der Waals surface area contributed by atoms with Gasteiger partial charge in [-0.2, -0.15) is 0 Å². The number of methoxy groups -OCH3 is 2. The fourth-order valence-corrected chi connectivity index (χ4v) is 3.57. The van der Waals surface area contributed by atoms with Crippen LogP contribution in [0.4, 0.5) is 10.5 Å². The molecule has 6 heteroatoms. The molecular weight excluding hydrogens is 352 g/mol. The van der Waals surface area contributed by atoms with Gasteiger partial charge in [0.25, 0.3) is 0 Å². The molecule has 1 heterocycles. The number of ether oxygens (including phenoxy) is 2. The van der Waals surface area contributed by atoms with Gasteiger partial charge >= 0.3 is 6.03 Å². The van der Waals surface area contributed by atoms with Crippen LogP contribution in [0.25, 0.3) is 0 Å². The lowest BCUT2D eigenvalue weighted by Crippen LogP contribution is -2.34. The van der Waals surface area contributed by atoms with Crippen LogP contribution in [0, 0.1) is 6.92 Å². The van der Waals surface area contributed by atoms with E-state index in [1.807, 2.05) is 42.2 Å². The van der Waals surface area contributed by atoms with E-state index in [1.54, 1.807) is 20.3 Å². The molecule has 1 unspecified atom stereocenters. The zero-order valence-corrected chi connectivity index (χ0v) is 16.0. The molecule has 1 aliphatic rings. The quantitative estimate of drug-likeness (QED) is 0.816. The lowest BCUT2D eigenvalue weighted by atomic mass is 10.0. The Labute approximate surface area is 158 Å². The summed E-state index contributed by atoms with van der Waals surface area (Å²) in [5.41, 5.74) is 2.69. The van der Waals surface area contributed by atoms with E-state index in [2.05, 4.69) is 5.32 Å². The second-order valence-electron chi connectivity index (χ2n) is 6.36. The molecule has 5 nitrogen and oxygen atoms in total. The number of rotatable bonds is 4. The summed E-state index contributed by atoms with van der Waals surface area (Å²) in [4.78, 5) is 14.8. The minimum atomic E-state index is -0.122. The number of halogens is 1. The Hall–Kier alpha value is -2.40. The minimum Gasteiger partial charge on any atom is -0.493 e. The third kappa shape index (κ3) is 3.73. The average molecular weight is 375 g/mol. The third-order valence-electron chi connectivity index (χ3n) is 4.72. The van der Waals surface area contributed by atoms with Gasteiger partial charge in [0.15, 0.2) is 11.5 Å². The van der Waals surface area contributed by atoms with Crippen molar-refractivity contribution in [2.24, 2.45) is 0 Å². The molecule has 2 aromatic rings. The van der Waals surface area contributed by atoms with Crippen LogP contribution in [0.1, 0.15) is 30.0 Å². The fraction of sp³-hybridized carbons (Fsp3) is 0.350. The maximum atomic E-state index is 12.9. The van der Waals surface area contributed by atoms with Gasteiger partial charge in [-0.05, 0) is 49.1 Å². The summed E-state index contributed by atoms with van der Waals surface area (Å²) in [6.07, 6.45) is 1.90.